The maximum Gasteiger partial charge on any atom is 0.266 e. The Morgan fingerprint density at radius 1 is 1.00 bits per heavy atom. The summed E-state index contributed by atoms with van der Waals surface area (Å²) in [5.41, 5.74) is 2.29. The molecule has 2 N–H and O–H groups in total. The predicted molar refractivity (Wildman–Crippen MR) is 115 cm³/mol. The van der Waals surface area contributed by atoms with E-state index >= 15 is 0 Å². The minimum atomic E-state index is -0.485. The Hall–Kier alpha value is -3.78. The second-order valence-corrected chi connectivity index (χ2v) is 7.56. The molecule has 0 radical (unpaired) electrons. The highest BCUT2D eigenvalue weighted by Crippen LogP contribution is 2.29. The summed E-state index contributed by atoms with van der Waals surface area (Å²) in [6.07, 6.45) is 3.46. The van der Waals surface area contributed by atoms with E-state index in [1.807, 2.05) is 18.2 Å². The normalized spacial score (nSPS) is 10.6. The van der Waals surface area contributed by atoms with Crippen molar-refractivity contribution in [2.24, 2.45) is 0 Å². The molecule has 0 aliphatic heterocycles. The molecule has 0 bridgehead atoms. The number of rotatable bonds is 5. The van der Waals surface area contributed by atoms with Crippen LogP contribution >= 0.6 is 11.3 Å². The molecule has 6 nitrogen and oxygen atoms in total. The number of anilines is 2. The van der Waals surface area contributed by atoms with E-state index in [-0.39, 0.29) is 11.5 Å². The molecule has 0 unspecified atom stereocenters. The molecule has 0 aliphatic rings. The number of nitrogens with one attached hydrogen (secondary N) is 2. The van der Waals surface area contributed by atoms with E-state index in [1.54, 1.807) is 42.2 Å². The first-order valence-corrected chi connectivity index (χ1v) is 9.90. The van der Waals surface area contributed by atoms with E-state index in [9.17, 15) is 14.0 Å². The van der Waals surface area contributed by atoms with E-state index in [4.69, 9.17) is 0 Å². The van der Waals surface area contributed by atoms with E-state index in [1.165, 1.54) is 18.2 Å². The number of thiophene rings is 1. The van der Waals surface area contributed by atoms with Crippen LogP contribution in [0.3, 0.4) is 0 Å². The van der Waals surface area contributed by atoms with Gasteiger partial charge in [0, 0.05) is 18.0 Å². The lowest BCUT2D eigenvalue weighted by molar-refractivity contribution is 0.101. The molecule has 2 aromatic heterocycles. The Balaban J connectivity index is 1.53. The number of halogens is 1. The smallest absolute Gasteiger partial charge is 0.266 e. The summed E-state index contributed by atoms with van der Waals surface area (Å²) in [6, 6.07) is 16.3. The third-order valence-electron chi connectivity index (χ3n) is 4.35. The van der Waals surface area contributed by atoms with E-state index in [0.717, 1.165) is 28.7 Å². The molecule has 0 saturated carbocycles. The van der Waals surface area contributed by atoms with Crippen molar-refractivity contribution < 1.29 is 14.0 Å². The molecule has 150 valence electrons. The Labute approximate surface area is 176 Å². The average Bonchev–Trinajstić information content (AvgIpc) is 3.38. The highest BCUT2D eigenvalue weighted by atomic mass is 32.1. The molecule has 30 heavy (non-hydrogen) atoms. The summed E-state index contributed by atoms with van der Waals surface area (Å²) in [5, 5.41) is 10.3. The zero-order valence-electron chi connectivity index (χ0n) is 15.9. The van der Waals surface area contributed by atoms with E-state index in [0.29, 0.717) is 15.6 Å². The number of nitrogens with zero attached hydrogens (tertiary/aromatic N) is 2. The fourth-order valence-corrected chi connectivity index (χ4v) is 3.92. The van der Waals surface area contributed by atoms with Gasteiger partial charge in [-0.2, -0.15) is 5.10 Å². The van der Waals surface area contributed by atoms with Gasteiger partial charge in [0.05, 0.1) is 21.3 Å². The van der Waals surface area contributed by atoms with Gasteiger partial charge in [0.15, 0.2) is 0 Å². The van der Waals surface area contributed by atoms with Gasteiger partial charge in [-0.05, 0) is 55.0 Å². The molecule has 2 aromatic carbocycles. The van der Waals surface area contributed by atoms with Crippen molar-refractivity contribution in [2.75, 3.05) is 10.6 Å². The first-order valence-electron chi connectivity index (χ1n) is 9.09. The van der Waals surface area contributed by atoms with Gasteiger partial charge in [-0.3, -0.25) is 9.59 Å². The first kappa shape index (κ1) is 19.5. The molecule has 0 saturated heterocycles. The number of hydrogen-bond donors (Lipinski definition) is 2. The summed E-state index contributed by atoms with van der Waals surface area (Å²) < 4.78 is 15.0. The molecule has 8 heteroatoms. The maximum atomic E-state index is 13.3. The zero-order chi connectivity index (χ0) is 21.1. The summed E-state index contributed by atoms with van der Waals surface area (Å²) in [5.74, 6) is -1.21. The summed E-state index contributed by atoms with van der Waals surface area (Å²) in [6.45, 7) is 1.79. The van der Waals surface area contributed by atoms with E-state index in [2.05, 4.69) is 15.7 Å². The van der Waals surface area contributed by atoms with Gasteiger partial charge in [-0.1, -0.05) is 18.2 Å². The lowest BCUT2D eigenvalue weighted by Gasteiger charge is -2.10. The molecule has 0 atom stereocenters. The first-order chi connectivity index (χ1) is 14.5. The number of carbonyl (C=O) groups is 2. The van der Waals surface area contributed by atoms with Crippen LogP contribution in [0.15, 0.2) is 73.1 Å². The molecular formula is C22H17FN4O2S. The lowest BCUT2D eigenvalue weighted by atomic mass is 10.2. The number of benzene rings is 2. The van der Waals surface area contributed by atoms with Gasteiger partial charge < -0.3 is 10.6 Å². The van der Waals surface area contributed by atoms with Gasteiger partial charge in [0.25, 0.3) is 11.8 Å². The van der Waals surface area contributed by atoms with Crippen molar-refractivity contribution in [2.45, 2.75) is 6.92 Å². The fourth-order valence-electron chi connectivity index (χ4n) is 2.95. The zero-order valence-corrected chi connectivity index (χ0v) is 16.7. The third-order valence-corrected chi connectivity index (χ3v) is 5.50. The van der Waals surface area contributed by atoms with Crippen LogP contribution in [0.25, 0.3) is 5.69 Å². The highest BCUT2D eigenvalue weighted by Gasteiger charge is 2.17. The van der Waals surface area contributed by atoms with Gasteiger partial charge in [0.2, 0.25) is 0 Å². The SMILES string of the molecule is Cc1cc(NC(=O)c2cccc(F)c2)sc1C(=O)Nc1ccccc1-n1cccn1. The largest absolute Gasteiger partial charge is 0.319 e. The highest BCUT2D eigenvalue weighted by molar-refractivity contribution is 7.18. The monoisotopic (exact) mass is 420 g/mol. The van der Waals surface area contributed by atoms with Crippen LogP contribution in [-0.4, -0.2) is 21.6 Å². The fraction of sp³-hybridized carbons (Fsp3) is 0.0455. The molecule has 2 amide bonds. The van der Waals surface area contributed by atoms with Crippen molar-refractivity contribution in [3.8, 4) is 5.69 Å². The summed E-state index contributed by atoms with van der Waals surface area (Å²) >= 11 is 1.16. The van der Waals surface area contributed by atoms with Crippen LogP contribution in [0.1, 0.15) is 25.6 Å². The predicted octanol–water partition coefficient (Wildman–Crippen LogP) is 4.89. The lowest BCUT2D eigenvalue weighted by Crippen LogP contribution is -2.13. The van der Waals surface area contributed by atoms with Gasteiger partial charge in [-0.25, -0.2) is 9.07 Å². The number of aromatic nitrogens is 2. The number of amides is 2. The van der Waals surface area contributed by atoms with Crippen LogP contribution in [-0.2, 0) is 0 Å². The molecule has 0 fully saturated rings. The van der Waals surface area contributed by atoms with Crippen molar-refractivity contribution in [3.05, 3.63) is 94.9 Å². The van der Waals surface area contributed by atoms with Crippen LogP contribution < -0.4 is 10.6 Å². The quantitative estimate of drug-likeness (QED) is 0.483. The van der Waals surface area contributed by atoms with Gasteiger partial charge in [-0.15, -0.1) is 11.3 Å². The van der Waals surface area contributed by atoms with Crippen molar-refractivity contribution in [3.63, 3.8) is 0 Å². The minimum Gasteiger partial charge on any atom is -0.319 e. The Morgan fingerprint density at radius 2 is 1.83 bits per heavy atom. The van der Waals surface area contributed by atoms with Crippen LogP contribution in [0.4, 0.5) is 15.1 Å². The maximum absolute atomic E-state index is 13.3. The number of para-hydroxylation sites is 2. The number of aryl methyl sites for hydroxylation is 1. The van der Waals surface area contributed by atoms with Crippen LogP contribution in [0.5, 0.6) is 0 Å². The van der Waals surface area contributed by atoms with Crippen molar-refractivity contribution >= 4 is 33.8 Å². The van der Waals surface area contributed by atoms with Crippen molar-refractivity contribution in [1.82, 2.24) is 9.78 Å². The van der Waals surface area contributed by atoms with Gasteiger partial charge in [0.1, 0.15) is 5.82 Å². The minimum absolute atomic E-state index is 0.209. The van der Waals surface area contributed by atoms with Crippen LogP contribution in [0.2, 0.25) is 0 Å². The Kier molecular flexibility index (Phi) is 5.40. The second kappa shape index (κ2) is 8.30. The third kappa shape index (κ3) is 4.13. The van der Waals surface area contributed by atoms with E-state index < -0.39 is 11.7 Å². The molecule has 0 spiro atoms. The second-order valence-electron chi connectivity index (χ2n) is 6.51. The molecule has 4 aromatic rings. The molecule has 0 aliphatic carbocycles. The van der Waals surface area contributed by atoms with Crippen molar-refractivity contribution in [1.29, 1.82) is 0 Å². The molecular weight excluding hydrogens is 403 g/mol. The summed E-state index contributed by atoms with van der Waals surface area (Å²) in [7, 11) is 0. The topological polar surface area (TPSA) is 76.0 Å². The molecule has 4 rings (SSSR count). The van der Waals surface area contributed by atoms with Gasteiger partial charge >= 0.3 is 0 Å². The Morgan fingerprint density at radius 3 is 2.60 bits per heavy atom. The Bertz CT molecular complexity index is 1220. The standard InChI is InChI=1S/C22H17FN4O2S/c1-14-12-19(26-21(28)15-6-4-7-16(23)13-15)30-20(14)22(29)25-17-8-2-3-9-18(17)27-11-5-10-24-27/h2-13H,1H3,(H,25,29)(H,26,28). The molecule has 2 heterocycles. The van der Waals surface area contributed by atoms with Crippen LogP contribution in [0, 0.1) is 12.7 Å². The summed E-state index contributed by atoms with van der Waals surface area (Å²) in [4.78, 5) is 25.7. The number of carbonyl (C=O) groups excluding carboxylic acids is 2. The average molecular weight is 420 g/mol. The number of hydrogen-bond acceptors (Lipinski definition) is 4.